The molecule has 0 spiro atoms. The van der Waals surface area contributed by atoms with Gasteiger partial charge in [-0.1, -0.05) is 24.3 Å². The Bertz CT molecular complexity index is 1110. The first-order valence-corrected chi connectivity index (χ1v) is 8.06. The molecule has 1 amide bonds. The molecule has 0 bridgehead atoms. The van der Waals surface area contributed by atoms with Crippen molar-refractivity contribution in [2.24, 2.45) is 7.05 Å². The summed E-state index contributed by atoms with van der Waals surface area (Å²) in [5, 5.41) is 6.90. The molecule has 0 saturated heterocycles. The number of halogens is 1. The number of hydrogen-bond donors (Lipinski definition) is 1. The molecule has 138 valence electrons. The number of nitrogens with one attached hydrogen (secondary N) is 1. The molecule has 0 aliphatic carbocycles. The van der Waals surface area contributed by atoms with Crippen molar-refractivity contribution in [3.8, 4) is 0 Å². The number of nitrogens with zero attached hydrogens (tertiary/aromatic N) is 2. The molecule has 0 aliphatic heterocycles. The number of aromatic nitrogens is 2. The monoisotopic (exact) mass is 369 g/mol. The molecule has 3 rings (SSSR count). The normalized spacial score (nSPS) is 10.6. The Morgan fingerprint density at radius 3 is 2.59 bits per heavy atom. The summed E-state index contributed by atoms with van der Waals surface area (Å²) < 4.78 is 19.8. The van der Waals surface area contributed by atoms with E-state index in [1.807, 2.05) is 0 Å². The molecule has 27 heavy (non-hydrogen) atoms. The SMILES string of the molecule is Cc1ccc(NC(=O)COC(=O)c2nn(C)c(=O)c3ccccc23)c(F)c1. The summed E-state index contributed by atoms with van der Waals surface area (Å²) in [6.07, 6.45) is 0. The van der Waals surface area contributed by atoms with E-state index in [1.165, 1.54) is 19.2 Å². The lowest BCUT2D eigenvalue weighted by atomic mass is 10.1. The quantitative estimate of drug-likeness (QED) is 0.712. The van der Waals surface area contributed by atoms with Crippen LogP contribution in [0.15, 0.2) is 47.3 Å². The highest BCUT2D eigenvalue weighted by Gasteiger charge is 2.18. The highest BCUT2D eigenvalue weighted by atomic mass is 19.1. The van der Waals surface area contributed by atoms with Crippen molar-refractivity contribution < 1.29 is 18.7 Å². The van der Waals surface area contributed by atoms with Crippen LogP contribution >= 0.6 is 0 Å². The molecule has 0 aliphatic rings. The maximum Gasteiger partial charge on any atom is 0.359 e. The zero-order valence-electron chi connectivity index (χ0n) is 14.7. The van der Waals surface area contributed by atoms with E-state index >= 15 is 0 Å². The van der Waals surface area contributed by atoms with Crippen LogP contribution in [0.5, 0.6) is 0 Å². The van der Waals surface area contributed by atoms with Gasteiger partial charge in [0, 0.05) is 12.4 Å². The summed E-state index contributed by atoms with van der Waals surface area (Å²) in [6.45, 7) is 1.10. The summed E-state index contributed by atoms with van der Waals surface area (Å²) in [5.41, 5.74) is 0.272. The van der Waals surface area contributed by atoms with E-state index in [1.54, 1.807) is 37.3 Å². The molecule has 0 fully saturated rings. The fraction of sp³-hybridized carbons (Fsp3) is 0.158. The molecule has 1 heterocycles. The molecule has 0 radical (unpaired) electrons. The van der Waals surface area contributed by atoms with Crippen molar-refractivity contribution in [3.05, 3.63) is 69.9 Å². The first-order valence-electron chi connectivity index (χ1n) is 8.06. The zero-order chi connectivity index (χ0) is 19.6. The van der Waals surface area contributed by atoms with Crippen LogP contribution < -0.4 is 10.9 Å². The number of amides is 1. The highest BCUT2D eigenvalue weighted by molar-refractivity contribution is 6.03. The van der Waals surface area contributed by atoms with Crippen molar-refractivity contribution >= 4 is 28.3 Å². The Morgan fingerprint density at radius 1 is 1.19 bits per heavy atom. The maximum atomic E-state index is 13.8. The minimum absolute atomic E-state index is 0.00710. The van der Waals surface area contributed by atoms with Gasteiger partial charge in [-0.2, -0.15) is 5.10 Å². The minimum Gasteiger partial charge on any atom is -0.451 e. The van der Waals surface area contributed by atoms with Gasteiger partial charge in [-0.25, -0.2) is 13.9 Å². The second kappa shape index (κ2) is 7.36. The van der Waals surface area contributed by atoms with Crippen LogP contribution in [-0.2, 0) is 16.6 Å². The second-order valence-corrected chi connectivity index (χ2v) is 5.93. The number of hydrogen-bond acceptors (Lipinski definition) is 5. The Balaban J connectivity index is 1.75. The van der Waals surface area contributed by atoms with E-state index in [2.05, 4.69) is 10.4 Å². The number of carbonyl (C=O) groups is 2. The zero-order valence-corrected chi connectivity index (χ0v) is 14.7. The number of rotatable bonds is 4. The van der Waals surface area contributed by atoms with Crippen LogP contribution in [-0.4, -0.2) is 28.3 Å². The van der Waals surface area contributed by atoms with Crippen LogP contribution in [0.2, 0.25) is 0 Å². The molecule has 7 nitrogen and oxygen atoms in total. The van der Waals surface area contributed by atoms with Crippen molar-refractivity contribution in [1.29, 1.82) is 0 Å². The van der Waals surface area contributed by atoms with Gasteiger partial charge < -0.3 is 10.1 Å². The summed E-state index contributed by atoms with van der Waals surface area (Å²) in [6, 6.07) is 10.8. The lowest BCUT2D eigenvalue weighted by Crippen LogP contribution is -2.26. The number of aryl methyl sites for hydroxylation is 2. The number of benzene rings is 2. The molecule has 2 aromatic carbocycles. The molecule has 0 atom stereocenters. The van der Waals surface area contributed by atoms with Gasteiger partial charge in [0.1, 0.15) is 5.82 Å². The average Bonchev–Trinajstić information content (AvgIpc) is 2.65. The molecule has 1 N–H and O–H groups in total. The van der Waals surface area contributed by atoms with Crippen molar-refractivity contribution in [3.63, 3.8) is 0 Å². The average molecular weight is 369 g/mol. The largest absolute Gasteiger partial charge is 0.451 e. The van der Waals surface area contributed by atoms with Crippen LogP contribution in [0.3, 0.4) is 0 Å². The van der Waals surface area contributed by atoms with Gasteiger partial charge in [0.2, 0.25) is 0 Å². The molecule has 1 aromatic heterocycles. The van der Waals surface area contributed by atoms with E-state index in [0.29, 0.717) is 16.3 Å². The van der Waals surface area contributed by atoms with Gasteiger partial charge in [0.15, 0.2) is 12.3 Å². The number of ether oxygens (including phenoxy) is 1. The molecule has 0 saturated carbocycles. The van der Waals surface area contributed by atoms with E-state index in [-0.39, 0.29) is 16.9 Å². The predicted molar refractivity (Wildman–Crippen MR) is 97.0 cm³/mol. The molecular weight excluding hydrogens is 353 g/mol. The van der Waals surface area contributed by atoms with E-state index < -0.39 is 24.3 Å². The molecule has 0 unspecified atom stereocenters. The Hall–Kier alpha value is -3.55. The fourth-order valence-corrected chi connectivity index (χ4v) is 2.56. The predicted octanol–water partition coefficient (Wildman–Crippen LogP) is 2.18. The van der Waals surface area contributed by atoms with Gasteiger partial charge in [-0.3, -0.25) is 9.59 Å². The molecule has 3 aromatic rings. The van der Waals surface area contributed by atoms with Crippen molar-refractivity contribution in [1.82, 2.24) is 9.78 Å². The van der Waals surface area contributed by atoms with Gasteiger partial charge in [0.25, 0.3) is 11.5 Å². The number of esters is 1. The smallest absolute Gasteiger partial charge is 0.359 e. The third-order valence-corrected chi connectivity index (χ3v) is 3.88. The maximum absolute atomic E-state index is 13.8. The molecule has 8 heteroatoms. The van der Waals surface area contributed by atoms with Gasteiger partial charge >= 0.3 is 5.97 Å². The summed E-state index contributed by atoms with van der Waals surface area (Å²) in [7, 11) is 1.42. The highest BCUT2D eigenvalue weighted by Crippen LogP contribution is 2.16. The van der Waals surface area contributed by atoms with Crippen molar-refractivity contribution in [2.75, 3.05) is 11.9 Å². The number of fused-ring (bicyclic) bond motifs is 1. The summed E-state index contributed by atoms with van der Waals surface area (Å²) in [4.78, 5) is 36.4. The van der Waals surface area contributed by atoms with E-state index in [4.69, 9.17) is 4.74 Å². The van der Waals surface area contributed by atoms with E-state index in [9.17, 15) is 18.8 Å². The third-order valence-electron chi connectivity index (χ3n) is 3.88. The van der Waals surface area contributed by atoms with Crippen LogP contribution in [0.1, 0.15) is 16.1 Å². The lowest BCUT2D eigenvalue weighted by Gasteiger charge is -2.09. The molecular formula is C19H16FN3O4. The van der Waals surface area contributed by atoms with Gasteiger partial charge in [-0.15, -0.1) is 0 Å². The Morgan fingerprint density at radius 2 is 1.89 bits per heavy atom. The number of anilines is 1. The van der Waals surface area contributed by atoms with Gasteiger partial charge in [0.05, 0.1) is 11.1 Å². The lowest BCUT2D eigenvalue weighted by molar-refractivity contribution is -0.119. The summed E-state index contributed by atoms with van der Waals surface area (Å²) in [5.74, 6) is -2.14. The first-order chi connectivity index (χ1) is 12.9. The van der Waals surface area contributed by atoms with Crippen LogP contribution in [0.25, 0.3) is 10.8 Å². The second-order valence-electron chi connectivity index (χ2n) is 5.93. The summed E-state index contributed by atoms with van der Waals surface area (Å²) >= 11 is 0. The first kappa shape index (κ1) is 18.2. The topological polar surface area (TPSA) is 90.3 Å². The standard InChI is InChI=1S/C19H16FN3O4/c1-11-7-8-15(14(20)9-11)21-16(24)10-27-19(26)17-12-5-3-4-6-13(12)18(25)23(2)22-17/h3-9H,10H2,1-2H3,(H,21,24). The third kappa shape index (κ3) is 3.84. The van der Waals surface area contributed by atoms with Crippen LogP contribution in [0.4, 0.5) is 10.1 Å². The Kier molecular flexibility index (Phi) is 4.98. The Labute approximate surface area is 153 Å². The van der Waals surface area contributed by atoms with E-state index in [0.717, 1.165) is 4.68 Å². The number of carbonyl (C=O) groups excluding carboxylic acids is 2. The van der Waals surface area contributed by atoms with Crippen molar-refractivity contribution in [2.45, 2.75) is 6.92 Å². The van der Waals surface area contributed by atoms with Gasteiger partial charge in [-0.05, 0) is 30.7 Å². The van der Waals surface area contributed by atoms with Crippen LogP contribution in [0, 0.1) is 12.7 Å². The fourth-order valence-electron chi connectivity index (χ4n) is 2.56. The minimum atomic E-state index is -0.860.